The predicted molar refractivity (Wildman–Crippen MR) is 131 cm³/mol. The molecule has 11 heteroatoms. The molecule has 2 amide bonds. The highest BCUT2D eigenvalue weighted by molar-refractivity contribution is 7.82. The van der Waals surface area contributed by atoms with Crippen molar-refractivity contribution < 1.29 is 9.59 Å². The summed E-state index contributed by atoms with van der Waals surface area (Å²) >= 11 is 17.8. The number of thiazole rings is 1. The third-order valence-electron chi connectivity index (χ3n) is 4.80. The number of nitrogens with one attached hydrogen (secondary N) is 3. The van der Waals surface area contributed by atoms with Crippen LogP contribution in [0.4, 0.5) is 11.5 Å². The lowest BCUT2D eigenvalue weighted by Crippen LogP contribution is -2.37. The van der Waals surface area contributed by atoms with Gasteiger partial charge in [0.25, 0.3) is 5.91 Å². The topological polar surface area (TPSA) is 98.9 Å². The van der Waals surface area contributed by atoms with Gasteiger partial charge in [0.1, 0.15) is 11.7 Å². The Labute approximate surface area is 202 Å². The van der Waals surface area contributed by atoms with Gasteiger partial charge in [0.2, 0.25) is 5.91 Å². The Morgan fingerprint density at radius 3 is 2.53 bits per heavy atom. The van der Waals surface area contributed by atoms with Gasteiger partial charge in [0.05, 0.1) is 10.9 Å². The van der Waals surface area contributed by atoms with Crippen molar-refractivity contribution in [2.75, 3.05) is 16.1 Å². The Kier molecular flexibility index (Phi) is 6.34. The van der Waals surface area contributed by atoms with E-state index in [0.717, 1.165) is 5.56 Å². The fourth-order valence-corrected chi connectivity index (χ4v) is 5.06. The first-order valence-electron chi connectivity index (χ1n) is 9.28. The van der Waals surface area contributed by atoms with Gasteiger partial charge in [-0.25, -0.2) is 4.68 Å². The number of nitriles is 1. The van der Waals surface area contributed by atoms with Gasteiger partial charge in [-0.15, -0.1) is 11.3 Å². The number of fused-ring (bicyclic) bond motifs is 1. The van der Waals surface area contributed by atoms with Crippen LogP contribution < -0.4 is 16.1 Å². The quantitative estimate of drug-likeness (QED) is 0.453. The number of nitrogens with zero attached hydrogens (tertiary/aromatic N) is 2. The number of carbonyl (C=O) groups excluding carboxylic acids is 2. The molecule has 0 aliphatic carbocycles. The predicted octanol–water partition coefficient (Wildman–Crippen LogP) is 4.67. The number of halogens is 1. The van der Waals surface area contributed by atoms with Crippen molar-refractivity contribution in [2.24, 2.45) is 5.92 Å². The first-order valence-corrected chi connectivity index (χ1v) is 11.3. The summed E-state index contributed by atoms with van der Waals surface area (Å²) in [6.45, 7) is 0. The zero-order chi connectivity index (χ0) is 22.8. The Hall–Kier alpha value is -3.10. The number of anilines is 2. The molecule has 0 saturated carbocycles. The molecule has 0 fully saturated rings. The maximum atomic E-state index is 12.7. The van der Waals surface area contributed by atoms with Crippen LogP contribution in [0.25, 0.3) is 0 Å². The molecule has 160 valence electrons. The van der Waals surface area contributed by atoms with Crippen LogP contribution >= 0.6 is 47.4 Å². The second kappa shape index (κ2) is 9.18. The third-order valence-corrected chi connectivity index (χ3v) is 6.78. The summed E-state index contributed by atoms with van der Waals surface area (Å²) < 4.78 is 1.73. The lowest BCUT2D eigenvalue weighted by atomic mass is 9.83. The summed E-state index contributed by atoms with van der Waals surface area (Å²) in [5.74, 6) is -2.04. The van der Waals surface area contributed by atoms with Gasteiger partial charge in [-0.2, -0.15) is 5.26 Å². The van der Waals surface area contributed by atoms with Gasteiger partial charge in [0, 0.05) is 16.6 Å². The molecule has 0 saturated heterocycles. The van der Waals surface area contributed by atoms with Crippen LogP contribution in [-0.2, 0) is 9.59 Å². The SMILES string of the molecule is N#CC1C(=O)Nc2c(sc(=S)n2NC(=S)C(=O)Nc2ccc(Cl)cc2)C1c1ccccc1. The molecular weight excluding hydrogens is 486 g/mol. The van der Waals surface area contributed by atoms with E-state index in [-0.39, 0.29) is 4.99 Å². The van der Waals surface area contributed by atoms with Crippen molar-refractivity contribution in [2.45, 2.75) is 5.92 Å². The van der Waals surface area contributed by atoms with E-state index in [2.05, 4.69) is 22.1 Å². The van der Waals surface area contributed by atoms with Crippen molar-refractivity contribution in [3.8, 4) is 6.07 Å². The number of thiocarbonyl (C=S) groups is 1. The van der Waals surface area contributed by atoms with Gasteiger partial charge in [0.15, 0.2) is 8.94 Å². The highest BCUT2D eigenvalue weighted by Crippen LogP contribution is 2.43. The number of carbonyl (C=O) groups is 2. The van der Waals surface area contributed by atoms with Crippen molar-refractivity contribution >= 4 is 75.7 Å². The number of aromatic nitrogens is 1. The van der Waals surface area contributed by atoms with Crippen LogP contribution in [0.1, 0.15) is 16.4 Å². The summed E-state index contributed by atoms with van der Waals surface area (Å²) in [6.07, 6.45) is 0. The van der Waals surface area contributed by atoms with E-state index >= 15 is 0 Å². The van der Waals surface area contributed by atoms with Crippen LogP contribution in [-0.4, -0.2) is 21.5 Å². The zero-order valence-corrected chi connectivity index (χ0v) is 19.4. The normalized spacial score (nSPS) is 16.9. The number of hydrogen-bond donors (Lipinski definition) is 3. The third kappa shape index (κ3) is 4.28. The lowest BCUT2D eigenvalue weighted by molar-refractivity contribution is -0.119. The minimum Gasteiger partial charge on any atom is -0.320 e. The molecule has 1 aliphatic rings. The molecule has 4 rings (SSSR count). The first-order chi connectivity index (χ1) is 15.4. The fourth-order valence-electron chi connectivity index (χ4n) is 3.33. The van der Waals surface area contributed by atoms with E-state index in [9.17, 15) is 14.9 Å². The Morgan fingerprint density at radius 1 is 1.19 bits per heavy atom. The average molecular weight is 500 g/mol. The summed E-state index contributed by atoms with van der Waals surface area (Å²) in [5, 5.41) is 15.6. The second-order valence-corrected chi connectivity index (χ2v) is 9.32. The lowest BCUT2D eigenvalue weighted by Gasteiger charge is -2.27. The van der Waals surface area contributed by atoms with Crippen molar-refractivity contribution in [1.29, 1.82) is 5.26 Å². The maximum absolute atomic E-state index is 12.7. The van der Waals surface area contributed by atoms with E-state index in [1.54, 1.807) is 24.3 Å². The highest BCUT2D eigenvalue weighted by atomic mass is 35.5. The molecule has 7 nitrogen and oxygen atoms in total. The molecule has 1 aromatic heterocycles. The first kappa shape index (κ1) is 22.1. The van der Waals surface area contributed by atoms with Crippen LogP contribution in [0.15, 0.2) is 54.6 Å². The number of benzene rings is 2. The minimum absolute atomic E-state index is 0.149. The Morgan fingerprint density at radius 2 is 1.88 bits per heavy atom. The number of rotatable bonds is 3. The van der Waals surface area contributed by atoms with Gasteiger partial charge in [-0.3, -0.25) is 15.0 Å². The van der Waals surface area contributed by atoms with Crippen LogP contribution in [0.2, 0.25) is 5.02 Å². The number of hydrogen-bond acceptors (Lipinski definition) is 6. The average Bonchev–Trinajstić information content (AvgIpc) is 3.09. The molecule has 2 aromatic carbocycles. The molecule has 2 atom stereocenters. The van der Waals surface area contributed by atoms with Gasteiger partial charge >= 0.3 is 0 Å². The van der Waals surface area contributed by atoms with Crippen LogP contribution in [0.3, 0.4) is 0 Å². The summed E-state index contributed by atoms with van der Waals surface area (Å²) in [7, 11) is 0. The number of amides is 2. The molecule has 3 N–H and O–H groups in total. The van der Waals surface area contributed by atoms with E-state index in [0.29, 0.717) is 25.4 Å². The Bertz CT molecular complexity index is 1310. The van der Waals surface area contributed by atoms with Crippen LogP contribution in [0.5, 0.6) is 0 Å². The smallest absolute Gasteiger partial charge is 0.284 e. The summed E-state index contributed by atoms with van der Waals surface area (Å²) in [5.41, 5.74) is 4.14. The summed E-state index contributed by atoms with van der Waals surface area (Å²) in [4.78, 5) is 25.8. The molecule has 2 unspecified atom stereocenters. The fraction of sp³-hybridized carbons (Fsp3) is 0.0952. The minimum atomic E-state index is -0.911. The molecule has 0 radical (unpaired) electrons. The van der Waals surface area contributed by atoms with E-state index in [1.165, 1.54) is 16.0 Å². The maximum Gasteiger partial charge on any atom is 0.284 e. The van der Waals surface area contributed by atoms with Crippen LogP contribution in [0, 0.1) is 21.2 Å². The Balaban J connectivity index is 1.64. The summed E-state index contributed by atoms with van der Waals surface area (Å²) in [6, 6.07) is 18.0. The second-order valence-electron chi connectivity index (χ2n) is 6.80. The molecule has 2 heterocycles. The van der Waals surface area contributed by atoms with Crippen molar-refractivity contribution in [1.82, 2.24) is 4.68 Å². The van der Waals surface area contributed by atoms with E-state index < -0.39 is 23.7 Å². The standard InChI is InChI=1S/C21H14ClN5O2S3/c22-12-6-8-13(9-7-12)24-19(29)20(30)26-27-17-16(32-21(27)31)15(11-4-2-1-3-5-11)14(10-23)18(28)25-17/h1-9,14-15H,(H,24,29)(H,25,28)(H,26,30). The van der Waals surface area contributed by atoms with E-state index in [4.69, 9.17) is 36.0 Å². The molecular formula is C21H14ClN5O2S3. The zero-order valence-electron chi connectivity index (χ0n) is 16.2. The monoisotopic (exact) mass is 499 g/mol. The largest absolute Gasteiger partial charge is 0.320 e. The van der Waals surface area contributed by atoms with E-state index in [1.807, 2.05) is 30.3 Å². The molecule has 0 bridgehead atoms. The van der Waals surface area contributed by atoms with Gasteiger partial charge in [-0.05, 0) is 42.0 Å². The molecule has 3 aromatic rings. The van der Waals surface area contributed by atoms with Crippen molar-refractivity contribution in [3.63, 3.8) is 0 Å². The molecule has 0 spiro atoms. The highest BCUT2D eigenvalue weighted by Gasteiger charge is 2.40. The van der Waals surface area contributed by atoms with Gasteiger partial charge < -0.3 is 10.6 Å². The molecule has 1 aliphatic heterocycles. The molecule has 32 heavy (non-hydrogen) atoms. The van der Waals surface area contributed by atoms with Crippen molar-refractivity contribution in [3.05, 3.63) is 74.0 Å². The van der Waals surface area contributed by atoms with Gasteiger partial charge in [-0.1, -0.05) is 54.2 Å².